The highest BCUT2D eigenvalue weighted by Crippen LogP contribution is 2.31. The Morgan fingerprint density at radius 2 is 2.24 bits per heavy atom. The monoisotopic (exact) mass is 353 g/mol. The van der Waals surface area contributed by atoms with Gasteiger partial charge >= 0.3 is 0 Å². The summed E-state index contributed by atoms with van der Waals surface area (Å²) in [6, 6.07) is 6.70. The third-order valence-electron chi connectivity index (χ3n) is 3.86. The van der Waals surface area contributed by atoms with E-state index in [9.17, 15) is 4.79 Å². The van der Waals surface area contributed by atoms with Gasteiger partial charge in [-0.05, 0) is 30.5 Å². The van der Waals surface area contributed by atoms with Crippen LogP contribution in [-0.4, -0.2) is 31.6 Å². The Labute approximate surface area is 135 Å². The van der Waals surface area contributed by atoms with E-state index >= 15 is 0 Å². The molecule has 1 saturated heterocycles. The van der Waals surface area contributed by atoms with Gasteiger partial charge in [0.15, 0.2) is 0 Å². The van der Waals surface area contributed by atoms with Crippen LogP contribution in [-0.2, 0) is 11.3 Å². The van der Waals surface area contributed by atoms with Gasteiger partial charge in [-0.15, -0.1) is 0 Å². The summed E-state index contributed by atoms with van der Waals surface area (Å²) in [6.07, 6.45) is 1.98. The first-order valence-corrected chi connectivity index (χ1v) is 8.32. The highest BCUT2D eigenvalue weighted by atomic mass is 79.9. The first kappa shape index (κ1) is 16.3. The second-order valence-electron chi connectivity index (χ2n) is 5.77. The zero-order valence-corrected chi connectivity index (χ0v) is 14.5. The lowest BCUT2D eigenvalue weighted by Gasteiger charge is -2.28. The molecule has 1 aromatic rings. The molecule has 0 saturated carbocycles. The minimum atomic E-state index is -0.0536. The SMILES string of the molecule is CNC(=O)C1CCCN1c1cc(Br)ccc1CNC(C)C. The zero-order valence-electron chi connectivity index (χ0n) is 12.9. The van der Waals surface area contributed by atoms with Crippen molar-refractivity contribution in [3.63, 3.8) is 0 Å². The van der Waals surface area contributed by atoms with Crippen LogP contribution in [0.15, 0.2) is 22.7 Å². The fourth-order valence-electron chi connectivity index (χ4n) is 2.76. The minimum absolute atomic E-state index is 0.0536. The molecular formula is C16H24BrN3O. The Kier molecular flexibility index (Phi) is 5.65. The number of carbonyl (C=O) groups is 1. The standard InChI is InChI=1S/C16H24BrN3O/c1-11(2)19-10-12-6-7-13(17)9-15(12)20-8-4-5-14(20)16(21)18-3/h6-7,9,11,14,19H,4-5,8,10H2,1-3H3,(H,18,21). The van der Waals surface area contributed by atoms with Crippen molar-refractivity contribution in [1.82, 2.24) is 10.6 Å². The van der Waals surface area contributed by atoms with Crippen LogP contribution >= 0.6 is 15.9 Å². The Morgan fingerprint density at radius 1 is 1.48 bits per heavy atom. The number of nitrogens with one attached hydrogen (secondary N) is 2. The molecule has 2 N–H and O–H groups in total. The lowest BCUT2D eigenvalue weighted by molar-refractivity contribution is -0.121. The lowest BCUT2D eigenvalue weighted by atomic mass is 10.1. The molecule has 4 nitrogen and oxygen atoms in total. The Morgan fingerprint density at radius 3 is 2.90 bits per heavy atom. The van der Waals surface area contributed by atoms with Crippen LogP contribution in [0.3, 0.4) is 0 Å². The third-order valence-corrected chi connectivity index (χ3v) is 4.35. The maximum absolute atomic E-state index is 12.1. The zero-order chi connectivity index (χ0) is 15.4. The van der Waals surface area contributed by atoms with Crippen molar-refractivity contribution >= 4 is 27.5 Å². The van der Waals surface area contributed by atoms with E-state index in [1.54, 1.807) is 7.05 Å². The largest absolute Gasteiger partial charge is 0.359 e. The fourth-order valence-corrected chi connectivity index (χ4v) is 3.11. The maximum Gasteiger partial charge on any atom is 0.242 e. The Balaban J connectivity index is 2.28. The van der Waals surface area contributed by atoms with Crippen molar-refractivity contribution in [2.24, 2.45) is 0 Å². The molecule has 1 heterocycles. The van der Waals surface area contributed by atoms with Gasteiger partial charge in [0.2, 0.25) is 5.91 Å². The van der Waals surface area contributed by atoms with Crippen molar-refractivity contribution in [2.45, 2.75) is 45.3 Å². The van der Waals surface area contributed by atoms with Crippen molar-refractivity contribution < 1.29 is 4.79 Å². The molecule has 1 fully saturated rings. The fraction of sp³-hybridized carbons (Fsp3) is 0.562. The lowest BCUT2D eigenvalue weighted by Crippen LogP contribution is -2.42. The molecule has 0 aliphatic carbocycles. The molecule has 1 aliphatic heterocycles. The molecular weight excluding hydrogens is 330 g/mol. The van der Waals surface area contributed by atoms with Crippen molar-refractivity contribution in [3.05, 3.63) is 28.2 Å². The van der Waals surface area contributed by atoms with Crippen LogP contribution in [0.1, 0.15) is 32.3 Å². The summed E-state index contributed by atoms with van der Waals surface area (Å²) in [4.78, 5) is 14.3. The van der Waals surface area contributed by atoms with E-state index in [-0.39, 0.29) is 11.9 Å². The third kappa shape index (κ3) is 3.98. The summed E-state index contributed by atoms with van der Waals surface area (Å²) in [5, 5.41) is 6.24. The number of halogens is 1. The van der Waals surface area contributed by atoms with Gasteiger partial charge in [-0.2, -0.15) is 0 Å². The molecule has 1 aliphatic rings. The van der Waals surface area contributed by atoms with Gasteiger partial charge in [0, 0.05) is 36.3 Å². The molecule has 5 heteroatoms. The summed E-state index contributed by atoms with van der Waals surface area (Å²) in [7, 11) is 1.71. The van der Waals surface area contributed by atoms with E-state index in [0.29, 0.717) is 6.04 Å². The number of likely N-dealkylation sites (N-methyl/N-ethyl adjacent to an activating group) is 1. The van der Waals surface area contributed by atoms with Gasteiger partial charge in [0.1, 0.15) is 6.04 Å². The average Bonchev–Trinajstić information content (AvgIpc) is 2.94. The topological polar surface area (TPSA) is 44.4 Å². The quantitative estimate of drug-likeness (QED) is 0.855. The van der Waals surface area contributed by atoms with Crippen molar-refractivity contribution in [3.8, 4) is 0 Å². The first-order valence-electron chi connectivity index (χ1n) is 7.53. The van der Waals surface area contributed by atoms with Gasteiger partial charge in [-0.1, -0.05) is 35.8 Å². The van der Waals surface area contributed by atoms with Crippen molar-refractivity contribution in [2.75, 3.05) is 18.5 Å². The smallest absolute Gasteiger partial charge is 0.242 e. The second-order valence-corrected chi connectivity index (χ2v) is 6.69. The number of hydrogen-bond donors (Lipinski definition) is 2. The number of anilines is 1. The number of nitrogens with zero attached hydrogens (tertiary/aromatic N) is 1. The first-order chi connectivity index (χ1) is 10.0. The normalized spacial score (nSPS) is 18.3. The summed E-state index contributed by atoms with van der Waals surface area (Å²) in [6.45, 7) is 6.03. The molecule has 116 valence electrons. The highest BCUT2D eigenvalue weighted by molar-refractivity contribution is 9.10. The number of hydrogen-bond acceptors (Lipinski definition) is 3. The Bertz CT molecular complexity index is 504. The summed E-state index contributed by atoms with van der Waals surface area (Å²) < 4.78 is 1.05. The van der Waals surface area contributed by atoms with Crippen LogP contribution in [0.4, 0.5) is 5.69 Å². The van der Waals surface area contributed by atoms with Gasteiger partial charge < -0.3 is 15.5 Å². The summed E-state index contributed by atoms with van der Waals surface area (Å²) >= 11 is 3.55. The van der Waals surface area contributed by atoms with Crippen LogP contribution < -0.4 is 15.5 Å². The van der Waals surface area contributed by atoms with E-state index in [4.69, 9.17) is 0 Å². The van der Waals surface area contributed by atoms with E-state index in [2.05, 4.69) is 63.5 Å². The van der Waals surface area contributed by atoms with Gasteiger partial charge in [0.25, 0.3) is 0 Å². The van der Waals surface area contributed by atoms with Gasteiger partial charge in [-0.3, -0.25) is 4.79 Å². The van der Waals surface area contributed by atoms with E-state index < -0.39 is 0 Å². The molecule has 2 rings (SSSR count). The number of rotatable bonds is 5. The molecule has 1 amide bonds. The van der Waals surface area contributed by atoms with Gasteiger partial charge in [0.05, 0.1) is 0 Å². The molecule has 0 bridgehead atoms. The molecule has 1 atom stereocenters. The van der Waals surface area contributed by atoms with E-state index in [1.807, 2.05) is 0 Å². The number of benzene rings is 1. The highest BCUT2D eigenvalue weighted by Gasteiger charge is 2.31. The molecule has 0 spiro atoms. The van der Waals surface area contributed by atoms with Crippen LogP contribution in [0.5, 0.6) is 0 Å². The van der Waals surface area contributed by atoms with Crippen molar-refractivity contribution in [1.29, 1.82) is 0 Å². The molecule has 1 unspecified atom stereocenters. The van der Waals surface area contributed by atoms with Crippen LogP contribution in [0.25, 0.3) is 0 Å². The van der Waals surface area contributed by atoms with Gasteiger partial charge in [-0.25, -0.2) is 0 Å². The predicted molar refractivity (Wildman–Crippen MR) is 90.6 cm³/mol. The molecule has 0 radical (unpaired) electrons. The Hall–Kier alpha value is -1.07. The number of carbonyl (C=O) groups excluding carboxylic acids is 1. The minimum Gasteiger partial charge on any atom is -0.359 e. The predicted octanol–water partition coefficient (Wildman–Crippen LogP) is 2.66. The van der Waals surface area contributed by atoms with E-state index in [1.165, 1.54) is 5.56 Å². The second kappa shape index (κ2) is 7.27. The average molecular weight is 354 g/mol. The molecule has 21 heavy (non-hydrogen) atoms. The van der Waals surface area contributed by atoms with E-state index in [0.717, 1.165) is 36.1 Å². The molecule has 1 aromatic carbocycles. The summed E-state index contributed by atoms with van der Waals surface area (Å²) in [5.41, 5.74) is 2.39. The molecule has 0 aromatic heterocycles. The maximum atomic E-state index is 12.1. The van der Waals surface area contributed by atoms with Crippen LogP contribution in [0, 0.1) is 0 Å². The number of amides is 1. The van der Waals surface area contributed by atoms with Crippen LogP contribution in [0.2, 0.25) is 0 Å². The summed E-state index contributed by atoms with van der Waals surface area (Å²) in [5.74, 6) is 0.107.